The van der Waals surface area contributed by atoms with Gasteiger partial charge in [-0.25, -0.2) is 14.3 Å². The molecule has 0 atom stereocenters. The molecule has 0 amide bonds. The van der Waals surface area contributed by atoms with Crippen molar-refractivity contribution in [1.82, 2.24) is 14.6 Å². The number of hydrogen-bond donors (Lipinski definition) is 0. The number of esters is 1. The Kier molecular flexibility index (Phi) is 4.33. The van der Waals surface area contributed by atoms with Crippen molar-refractivity contribution in [2.75, 3.05) is 7.11 Å². The average Bonchev–Trinajstić information content (AvgIpc) is 2.92. The Labute approximate surface area is 147 Å². The molecule has 3 heterocycles. The molecule has 0 spiro atoms. The lowest BCUT2D eigenvalue weighted by Crippen LogP contribution is -2.15. The third-order valence-corrected chi connectivity index (χ3v) is 4.15. The van der Waals surface area contributed by atoms with E-state index in [-0.39, 0.29) is 5.41 Å². The molecule has 5 heteroatoms. The minimum Gasteiger partial charge on any atom is -0.464 e. The number of hydrogen-bond acceptors (Lipinski definition) is 4. The van der Waals surface area contributed by atoms with Crippen LogP contribution in [0.25, 0.3) is 5.52 Å². The molecular weight excluding hydrogens is 314 g/mol. The average molecular weight is 337 g/mol. The van der Waals surface area contributed by atoms with Gasteiger partial charge in [0.2, 0.25) is 0 Å². The van der Waals surface area contributed by atoms with Gasteiger partial charge in [-0.1, -0.05) is 32.9 Å². The van der Waals surface area contributed by atoms with Crippen molar-refractivity contribution in [2.45, 2.75) is 39.5 Å². The van der Waals surface area contributed by atoms with Gasteiger partial charge in [-0.2, -0.15) is 5.10 Å². The highest BCUT2D eigenvalue weighted by Gasteiger charge is 2.24. The molecule has 0 aliphatic heterocycles. The normalized spacial score (nSPS) is 11.7. The summed E-state index contributed by atoms with van der Waals surface area (Å²) in [6.45, 7) is 8.52. The van der Waals surface area contributed by atoms with E-state index >= 15 is 0 Å². The molecule has 0 aliphatic rings. The molecule has 0 unspecified atom stereocenters. The van der Waals surface area contributed by atoms with Crippen molar-refractivity contribution in [3.63, 3.8) is 0 Å². The predicted octanol–water partition coefficient (Wildman–Crippen LogP) is 3.71. The first kappa shape index (κ1) is 17.1. The maximum Gasteiger partial charge on any atom is 0.356 e. The van der Waals surface area contributed by atoms with Gasteiger partial charge in [-0.05, 0) is 30.7 Å². The molecule has 3 aromatic rings. The fraction of sp³-hybridized carbons (Fsp3) is 0.350. The molecule has 0 aromatic carbocycles. The quantitative estimate of drug-likeness (QED) is 0.684. The second-order valence-corrected chi connectivity index (χ2v) is 7.30. The molecule has 0 bridgehead atoms. The summed E-state index contributed by atoms with van der Waals surface area (Å²) in [5.41, 5.74) is 5.47. The fourth-order valence-corrected chi connectivity index (χ4v) is 2.96. The SMILES string of the molecule is COC(=O)c1cccc(Cc2c(C(C)(C)C)nn3cc(C)ccc23)n1. The van der Waals surface area contributed by atoms with E-state index < -0.39 is 5.97 Å². The van der Waals surface area contributed by atoms with E-state index in [0.29, 0.717) is 12.1 Å². The van der Waals surface area contributed by atoms with Gasteiger partial charge in [0.15, 0.2) is 0 Å². The Morgan fingerprint density at radius 2 is 1.96 bits per heavy atom. The first-order valence-electron chi connectivity index (χ1n) is 8.32. The lowest BCUT2D eigenvalue weighted by atomic mass is 9.87. The van der Waals surface area contributed by atoms with Crippen molar-refractivity contribution in [3.05, 3.63) is 64.7 Å². The number of carbonyl (C=O) groups is 1. The molecule has 0 fully saturated rings. The van der Waals surface area contributed by atoms with Gasteiger partial charge in [0, 0.05) is 29.3 Å². The molecule has 0 radical (unpaired) electrons. The van der Waals surface area contributed by atoms with Gasteiger partial charge in [0.05, 0.1) is 18.3 Å². The summed E-state index contributed by atoms with van der Waals surface area (Å²) in [7, 11) is 1.36. The van der Waals surface area contributed by atoms with Crippen LogP contribution < -0.4 is 0 Å². The summed E-state index contributed by atoms with van der Waals surface area (Å²) in [5.74, 6) is -0.423. The fourth-order valence-electron chi connectivity index (χ4n) is 2.96. The highest BCUT2D eigenvalue weighted by molar-refractivity contribution is 5.87. The molecule has 25 heavy (non-hydrogen) atoms. The van der Waals surface area contributed by atoms with Crippen LogP contribution in [0.4, 0.5) is 0 Å². The number of nitrogens with zero attached hydrogens (tertiary/aromatic N) is 3. The van der Waals surface area contributed by atoms with Gasteiger partial charge < -0.3 is 4.74 Å². The van der Waals surface area contributed by atoms with Crippen LogP contribution in [-0.4, -0.2) is 27.7 Å². The zero-order valence-corrected chi connectivity index (χ0v) is 15.3. The van der Waals surface area contributed by atoms with Crippen LogP contribution in [0.1, 0.15) is 53.8 Å². The van der Waals surface area contributed by atoms with Crippen molar-refractivity contribution >= 4 is 11.5 Å². The van der Waals surface area contributed by atoms with Gasteiger partial charge in [0.1, 0.15) is 5.69 Å². The molecule has 3 rings (SSSR count). The second-order valence-electron chi connectivity index (χ2n) is 7.30. The van der Waals surface area contributed by atoms with Crippen LogP contribution in [-0.2, 0) is 16.6 Å². The maximum absolute atomic E-state index is 11.7. The summed E-state index contributed by atoms with van der Waals surface area (Å²) in [6.07, 6.45) is 2.65. The van der Waals surface area contributed by atoms with E-state index in [9.17, 15) is 4.79 Å². The number of pyridine rings is 2. The van der Waals surface area contributed by atoms with Gasteiger partial charge in [0.25, 0.3) is 0 Å². The molecule has 3 aromatic heterocycles. The topological polar surface area (TPSA) is 56.5 Å². The summed E-state index contributed by atoms with van der Waals surface area (Å²) >= 11 is 0. The number of ether oxygens (including phenoxy) is 1. The van der Waals surface area contributed by atoms with E-state index in [2.05, 4.69) is 44.8 Å². The third-order valence-electron chi connectivity index (χ3n) is 4.15. The van der Waals surface area contributed by atoms with Crippen LogP contribution in [0.15, 0.2) is 36.5 Å². The molecule has 0 N–H and O–H groups in total. The van der Waals surface area contributed by atoms with Crippen molar-refractivity contribution in [1.29, 1.82) is 0 Å². The number of carbonyl (C=O) groups excluding carboxylic acids is 1. The summed E-state index contributed by atoms with van der Waals surface area (Å²) < 4.78 is 6.71. The van der Waals surface area contributed by atoms with E-state index in [0.717, 1.165) is 28.0 Å². The second kappa shape index (κ2) is 6.31. The van der Waals surface area contributed by atoms with Gasteiger partial charge in [-0.15, -0.1) is 0 Å². The predicted molar refractivity (Wildman–Crippen MR) is 97.0 cm³/mol. The van der Waals surface area contributed by atoms with Gasteiger partial charge in [-0.3, -0.25) is 0 Å². The smallest absolute Gasteiger partial charge is 0.356 e. The Morgan fingerprint density at radius 1 is 1.20 bits per heavy atom. The summed E-state index contributed by atoms with van der Waals surface area (Å²) in [6, 6.07) is 9.61. The molecule has 0 saturated carbocycles. The van der Waals surface area contributed by atoms with E-state index in [1.807, 2.05) is 22.8 Å². The lowest BCUT2D eigenvalue weighted by molar-refractivity contribution is 0.0593. The number of aryl methyl sites for hydroxylation is 1. The Morgan fingerprint density at radius 3 is 2.64 bits per heavy atom. The summed E-state index contributed by atoms with van der Waals surface area (Å²) in [5, 5.41) is 4.81. The monoisotopic (exact) mass is 337 g/mol. The van der Waals surface area contributed by atoms with Crippen molar-refractivity contribution in [2.24, 2.45) is 0 Å². The minimum atomic E-state index is -0.423. The largest absolute Gasteiger partial charge is 0.464 e. The highest BCUT2D eigenvalue weighted by atomic mass is 16.5. The Bertz CT molecular complexity index is 936. The van der Waals surface area contributed by atoms with E-state index in [4.69, 9.17) is 9.84 Å². The van der Waals surface area contributed by atoms with Gasteiger partial charge >= 0.3 is 5.97 Å². The third kappa shape index (κ3) is 3.40. The first-order valence-corrected chi connectivity index (χ1v) is 8.32. The highest BCUT2D eigenvalue weighted by Crippen LogP contribution is 2.29. The maximum atomic E-state index is 11.7. The van der Waals surface area contributed by atoms with E-state index in [1.165, 1.54) is 7.11 Å². The molecular formula is C20H23N3O2. The first-order chi connectivity index (χ1) is 11.8. The minimum absolute atomic E-state index is 0.0881. The van der Waals surface area contributed by atoms with Crippen LogP contribution >= 0.6 is 0 Å². The van der Waals surface area contributed by atoms with Crippen LogP contribution in [0.5, 0.6) is 0 Å². The van der Waals surface area contributed by atoms with Crippen LogP contribution in [0.2, 0.25) is 0 Å². The summed E-state index contributed by atoms with van der Waals surface area (Å²) in [4.78, 5) is 16.2. The van der Waals surface area contributed by atoms with Crippen molar-refractivity contribution < 1.29 is 9.53 Å². The zero-order valence-electron chi connectivity index (χ0n) is 15.3. The number of aromatic nitrogens is 3. The van der Waals surface area contributed by atoms with Crippen LogP contribution in [0, 0.1) is 6.92 Å². The van der Waals surface area contributed by atoms with E-state index in [1.54, 1.807) is 6.07 Å². The molecule has 5 nitrogen and oxygen atoms in total. The Hall–Kier alpha value is -2.69. The standard InChI is InChI=1S/C20H23N3O2/c1-13-9-10-17-15(18(20(2,3)4)22-23(17)12-13)11-14-7-6-8-16(21-14)19(24)25-5/h6-10,12H,11H2,1-5H3. The lowest BCUT2D eigenvalue weighted by Gasteiger charge is -2.17. The van der Waals surface area contributed by atoms with Crippen LogP contribution in [0.3, 0.4) is 0 Å². The molecule has 130 valence electrons. The number of methoxy groups -OCH3 is 1. The number of fused-ring (bicyclic) bond motifs is 1. The number of rotatable bonds is 3. The van der Waals surface area contributed by atoms with Crippen molar-refractivity contribution in [3.8, 4) is 0 Å². The molecule has 0 aliphatic carbocycles. The molecule has 0 saturated heterocycles. The zero-order chi connectivity index (χ0) is 18.2. The Balaban J connectivity index is 2.10.